The molecule has 0 spiro atoms. The number of aliphatic carboxylic acids is 1. The smallest absolute Gasteiger partial charge is 0.335 e. The monoisotopic (exact) mass is 671 g/mol. The number of hydrogen-bond acceptors (Lipinski definition) is 6. The summed E-state index contributed by atoms with van der Waals surface area (Å²) < 4.78 is 7.34. The molecule has 2 aliphatic carbocycles. The first kappa shape index (κ1) is 28.3. The van der Waals surface area contributed by atoms with E-state index >= 15 is 0 Å². The fraction of sp³-hybridized carbons (Fsp3) is 0.333. The van der Waals surface area contributed by atoms with Crippen LogP contribution in [0.4, 0.5) is 0 Å². The Balaban J connectivity index is 1.52. The van der Waals surface area contributed by atoms with Crippen LogP contribution in [-0.2, 0) is 21.0 Å². The summed E-state index contributed by atoms with van der Waals surface area (Å²) in [5.41, 5.74) is 4.64. The van der Waals surface area contributed by atoms with Gasteiger partial charge in [-0.25, -0.2) is 4.79 Å². The van der Waals surface area contributed by atoms with Crippen LogP contribution in [0.3, 0.4) is 0 Å². The molecule has 208 valence electrons. The third kappa shape index (κ3) is 5.51. The van der Waals surface area contributed by atoms with Gasteiger partial charge in [0.2, 0.25) is 0 Å². The fourth-order valence-electron chi connectivity index (χ4n) is 5.81. The largest absolute Gasteiger partial charge is 0.487 e. The number of allylic oxidation sites excluding steroid dienone is 4. The molecule has 1 aliphatic heterocycles. The Morgan fingerprint density at radius 2 is 1.43 bits per heavy atom. The third-order valence-corrected chi connectivity index (χ3v) is 8.75. The van der Waals surface area contributed by atoms with Gasteiger partial charge in [0.25, 0.3) is 0 Å². The average molecular weight is 673 g/mol. The summed E-state index contributed by atoms with van der Waals surface area (Å²) in [6.45, 7) is 0.438. The molecular formula is C30H27Br2NO7. The molecule has 5 rings (SSSR count). The van der Waals surface area contributed by atoms with E-state index in [2.05, 4.69) is 31.9 Å². The number of ether oxygens (including phenoxy) is 1. The number of nitrogens with zero attached hydrogens (tertiary/aromatic N) is 1. The zero-order valence-corrected chi connectivity index (χ0v) is 24.7. The fourth-order valence-corrected chi connectivity index (χ4v) is 7.26. The average Bonchev–Trinajstić information content (AvgIpc) is 2.91. The molecule has 8 nitrogen and oxygen atoms in total. The number of carbonyl (C=O) groups excluding carboxylic acids is 2. The van der Waals surface area contributed by atoms with Crippen LogP contribution in [-0.4, -0.2) is 45.2 Å². The van der Waals surface area contributed by atoms with Crippen LogP contribution in [0.5, 0.6) is 5.75 Å². The van der Waals surface area contributed by atoms with Crippen LogP contribution >= 0.6 is 31.9 Å². The summed E-state index contributed by atoms with van der Waals surface area (Å²) in [5, 5.41) is 18.5. The number of Topliss-reactive ketones (excluding diaryl/α,β-unsaturated/α-hetero) is 2. The summed E-state index contributed by atoms with van der Waals surface area (Å²) >= 11 is 7.23. The topological polar surface area (TPSA) is 121 Å². The lowest BCUT2D eigenvalue weighted by atomic mass is 9.71. The van der Waals surface area contributed by atoms with Gasteiger partial charge in [-0.3, -0.25) is 14.4 Å². The summed E-state index contributed by atoms with van der Waals surface area (Å²) in [6, 6.07) is 10.2. The molecule has 0 bridgehead atoms. The number of benzene rings is 2. The molecule has 0 amide bonds. The molecule has 2 N–H and O–H groups in total. The SMILES string of the molecule is O=C(O)CCN1C2=C(C(=O)CCC2)C(c2cc(Br)c(OCc3ccc(C(=O)O)cc3)c(Br)c2)C2=C1CCCC2=O. The molecule has 0 unspecified atom stereocenters. The molecule has 40 heavy (non-hydrogen) atoms. The first-order valence-electron chi connectivity index (χ1n) is 13.1. The Hall–Kier alpha value is -3.24. The quantitative estimate of drug-likeness (QED) is 0.332. The Morgan fingerprint density at radius 3 is 1.93 bits per heavy atom. The lowest BCUT2D eigenvalue weighted by molar-refractivity contribution is -0.137. The maximum atomic E-state index is 13.4. The van der Waals surface area contributed by atoms with E-state index in [1.165, 1.54) is 12.1 Å². The maximum absolute atomic E-state index is 13.4. The van der Waals surface area contributed by atoms with E-state index in [9.17, 15) is 24.3 Å². The van der Waals surface area contributed by atoms with Crippen LogP contribution in [0, 0.1) is 0 Å². The summed E-state index contributed by atoms with van der Waals surface area (Å²) in [5.74, 6) is -1.92. The normalized spacial score (nSPS) is 17.6. The zero-order chi connectivity index (χ0) is 28.6. The molecule has 3 aliphatic rings. The second-order valence-corrected chi connectivity index (χ2v) is 11.8. The highest BCUT2D eigenvalue weighted by Gasteiger charge is 2.43. The van der Waals surface area contributed by atoms with Crippen molar-refractivity contribution in [3.05, 3.63) is 84.6 Å². The molecule has 0 fully saturated rings. The van der Waals surface area contributed by atoms with Crippen LogP contribution in [0.25, 0.3) is 0 Å². The predicted octanol–water partition coefficient (Wildman–Crippen LogP) is 6.38. The minimum atomic E-state index is -0.995. The molecule has 1 heterocycles. The molecular weight excluding hydrogens is 646 g/mol. The van der Waals surface area contributed by atoms with Gasteiger partial charge in [-0.05, 0) is 92.9 Å². The van der Waals surface area contributed by atoms with E-state index in [4.69, 9.17) is 9.84 Å². The number of aromatic carboxylic acids is 1. The molecule has 2 aromatic carbocycles. The summed E-state index contributed by atoms with van der Waals surface area (Å²) in [7, 11) is 0. The van der Waals surface area contributed by atoms with Crippen molar-refractivity contribution < 1.29 is 34.1 Å². The molecule has 10 heteroatoms. The van der Waals surface area contributed by atoms with E-state index in [-0.39, 0.29) is 36.7 Å². The van der Waals surface area contributed by atoms with Crippen molar-refractivity contribution in [1.29, 1.82) is 0 Å². The van der Waals surface area contributed by atoms with E-state index in [0.29, 0.717) is 64.4 Å². The van der Waals surface area contributed by atoms with E-state index in [0.717, 1.165) is 22.5 Å². The van der Waals surface area contributed by atoms with Crippen molar-refractivity contribution in [2.75, 3.05) is 6.54 Å². The van der Waals surface area contributed by atoms with Crippen LogP contribution in [0.2, 0.25) is 0 Å². The van der Waals surface area contributed by atoms with Gasteiger partial charge in [-0.2, -0.15) is 0 Å². The first-order valence-corrected chi connectivity index (χ1v) is 14.7. The zero-order valence-electron chi connectivity index (χ0n) is 21.5. The van der Waals surface area contributed by atoms with E-state index in [1.807, 2.05) is 17.0 Å². The highest BCUT2D eigenvalue weighted by atomic mass is 79.9. The van der Waals surface area contributed by atoms with Gasteiger partial charge >= 0.3 is 11.9 Å². The van der Waals surface area contributed by atoms with Gasteiger partial charge in [0.05, 0.1) is 20.9 Å². The molecule has 0 atom stereocenters. The van der Waals surface area contributed by atoms with Crippen LogP contribution < -0.4 is 4.74 Å². The highest BCUT2D eigenvalue weighted by molar-refractivity contribution is 9.11. The predicted molar refractivity (Wildman–Crippen MR) is 153 cm³/mol. The van der Waals surface area contributed by atoms with Crippen molar-refractivity contribution >= 4 is 55.4 Å². The van der Waals surface area contributed by atoms with Crippen LogP contribution in [0.1, 0.15) is 72.3 Å². The van der Waals surface area contributed by atoms with Gasteiger partial charge in [-0.1, -0.05) is 12.1 Å². The van der Waals surface area contributed by atoms with Gasteiger partial charge in [0.15, 0.2) is 11.6 Å². The molecule has 0 radical (unpaired) electrons. The van der Waals surface area contributed by atoms with Crippen molar-refractivity contribution in [2.24, 2.45) is 0 Å². The minimum absolute atomic E-state index is 0.00567. The Labute approximate surface area is 248 Å². The Kier molecular flexibility index (Phi) is 8.28. The summed E-state index contributed by atoms with van der Waals surface area (Å²) in [4.78, 5) is 51.3. The maximum Gasteiger partial charge on any atom is 0.335 e. The third-order valence-electron chi connectivity index (χ3n) is 7.57. The van der Waals surface area contributed by atoms with Crippen LogP contribution in [0.15, 0.2) is 67.9 Å². The van der Waals surface area contributed by atoms with Crippen molar-refractivity contribution in [1.82, 2.24) is 4.90 Å². The Bertz CT molecular complexity index is 1410. The number of hydrogen-bond donors (Lipinski definition) is 2. The van der Waals surface area contributed by atoms with Gasteiger partial charge in [-0.15, -0.1) is 0 Å². The number of carbonyl (C=O) groups is 4. The number of carboxylic acid groups (broad SMARTS) is 2. The lowest BCUT2D eigenvalue weighted by Gasteiger charge is -2.44. The molecule has 0 saturated carbocycles. The lowest BCUT2D eigenvalue weighted by Crippen LogP contribution is -2.39. The summed E-state index contributed by atoms with van der Waals surface area (Å²) in [6.07, 6.45) is 3.41. The van der Waals surface area contributed by atoms with Crippen molar-refractivity contribution in [2.45, 2.75) is 57.5 Å². The Morgan fingerprint density at radius 1 is 0.875 bits per heavy atom. The molecule has 0 aromatic heterocycles. The van der Waals surface area contributed by atoms with Gasteiger partial charge in [0.1, 0.15) is 12.4 Å². The molecule has 0 saturated heterocycles. The van der Waals surface area contributed by atoms with Crippen molar-refractivity contribution in [3.63, 3.8) is 0 Å². The second-order valence-electron chi connectivity index (χ2n) is 10.1. The second kappa shape index (κ2) is 11.7. The highest BCUT2D eigenvalue weighted by Crippen LogP contribution is 2.50. The first-order chi connectivity index (χ1) is 19.2. The number of halogens is 2. The number of ketones is 2. The van der Waals surface area contributed by atoms with E-state index in [1.54, 1.807) is 12.1 Å². The van der Waals surface area contributed by atoms with Crippen molar-refractivity contribution in [3.8, 4) is 5.75 Å². The minimum Gasteiger partial charge on any atom is -0.487 e. The number of carboxylic acids is 2. The number of rotatable bonds is 8. The standard InChI is InChI=1S/C30H27Br2NO7/c31-19-13-18(14-20(32)29(19)40-15-16-7-9-17(10-8-16)30(38)39)26-27-21(3-1-5-23(27)34)33(12-11-25(36)37)22-4-2-6-24(35)28(22)26/h7-10,13-14,26H,1-6,11-12,15H2,(H,36,37)(H,38,39). The van der Waals surface area contributed by atoms with E-state index < -0.39 is 17.9 Å². The van der Waals surface area contributed by atoms with Gasteiger partial charge < -0.3 is 19.8 Å². The molecule has 2 aromatic rings. The van der Waals surface area contributed by atoms with Gasteiger partial charge in [0, 0.05) is 47.8 Å².